The Morgan fingerprint density at radius 1 is 1.00 bits per heavy atom. The van der Waals surface area contributed by atoms with Crippen molar-refractivity contribution >= 4 is 11.9 Å². The minimum atomic E-state index is -0.709. The molecule has 0 aliphatic carbocycles. The molecule has 1 fully saturated rings. The maximum Gasteiger partial charge on any atom is 0.338 e. The highest BCUT2D eigenvalue weighted by Gasteiger charge is 2.39. The molecule has 0 bridgehead atoms. The zero-order valence-electron chi connectivity index (χ0n) is 15.8. The van der Waals surface area contributed by atoms with Crippen molar-refractivity contribution in [1.82, 2.24) is 0 Å². The molecule has 1 heterocycles. The second-order valence-electron chi connectivity index (χ2n) is 6.80. The van der Waals surface area contributed by atoms with Gasteiger partial charge in [0.05, 0.1) is 17.2 Å². The maximum atomic E-state index is 12.4. The third kappa shape index (κ3) is 4.76. The summed E-state index contributed by atoms with van der Waals surface area (Å²) in [5, 5.41) is 9.14. The molecule has 0 aromatic heterocycles. The Bertz CT molecular complexity index is 883. The number of nitrogens with zero attached hydrogens (tertiary/aromatic N) is 1. The van der Waals surface area contributed by atoms with Crippen LogP contribution in [0.15, 0.2) is 48.5 Å². The number of ether oxygens (including phenoxy) is 3. The Morgan fingerprint density at radius 2 is 1.54 bits per heavy atom. The number of benzene rings is 2. The number of hydrogen-bond donors (Lipinski definition) is 0. The molecule has 0 saturated carbocycles. The Morgan fingerprint density at radius 3 is 2.07 bits per heavy atom. The third-order valence-electron chi connectivity index (χ3n) is 4.56. The third-order valence-corrected chi connectivity index (χ3v) is 4.56. The molecule has 0 unspecified atom stereocenters. The number of hydrogen-bond acceptors (Lipinski definition) is 6. The molecule has 0 radical (unpaired) electrons. The van der Waals surface area contributed by atoms with E-state index in [4.69, 9.17) is 19.5 Å². The first-order valence-electron chi connectivity index (χ1n) is 9.03. The first-order chi connectivity index (χ1) is 13.5. The van der Waals surface area contributed by atoms with Crippen molar-refractivity contribution in [2.45, 2.75) is 38.6 Å². The summed E-state index contributed by atoms with van der Waals surface area (Å²) in [5.41, 5.74) is 2.91. The topological polar surface area (TPSA) is 85.6 Å². The Hall–Kier alpha value is -3.17. The molecule has 6 nitrogen and oxygen atoms in total. The van der Waals surface area contributed by atoms with E-state index in [-0.39, 0.29) is 13.0 Å². The number of aryl methyl sites for hydroxylation is 2. The van der Waals surface area contributed by atoms with E-state index >= 15 is 0 Å². The van der Waals surface area contributed by atoms with Crippen molar-refractivity contribution < 1.29 is 23.8 Å². The Kier molecular flexibility index (Phi) is 6.07. The van der Waals surface area contributed by atoms with Crippen LogP contribution in [-0.2, 0) is 14.2 Å². The predicted octanol–water partition coefficient (Wildman–Crippen LogP) is 3.37. The second kappa shape index (κ2) is 8.68. The van der Waals surface area contributed by atoms with Crippen LogP contribution in [0, 0.1) is 25.2 Å². The summed E-state index contributed by atoms with van der Waals surface area (Å²) in [6, 6.07) is 16.0. The standard InChI is InChI=1S/C22H21NO5/c1-14-3-7-16(8-4-14)21(24)26-13-20-19(11-18(12-23)27-20)28-22(25)17-9-5-15(2)6-10-17/h3-10,18-20H,11,13H2,1-2H3/t18-,19+,20-/m1/s1. The largest absolute Gasteiger partial charge is 0.459 e. The van der Waals surface area contributed by atoms with Crippen molar-refractivity contribution in [3.8, 4) is 6.07 Å². The van der Waals surface area contributed by atoms with Gasteiger partial charge in [0.1, 0.15) is 24.9 Å². The van der Waals surface area contributed by atoms with Crippen molar-refractivity contribution in [3.63, 3.8) is 0 Å². The zero-order chi connectivity index (χ0) is 20.1. The molecular weight excluding hydrogens is 358 g/mol. The molecular formula is C22H21NO5. The summed E-state index contributed by atoms with van der Waals surface area (Å²) in [4.78, 5) is 24.6. The molecule has 1 saturated heterocycles. The first kappa shape index (κ1) is 19.6. The van der Waals surface area contributed by atoms with Crippen molar-refractivity contribution in [2.24, 2.45) is 0 Å². The van der Waals surface area contributed by atoms with Crippen LogP contribution in [0.2, 0.25) is 0 Å². The van der Waals surface area contributed by atoms with Gasteiger partial charge in [0, 0.05) is 6.42 Å². The molecule has 3 atom stereocenters. The van der Waals surface area contributed by atoms with E-state index in [0.717, 1.165) is 11.1 Å². The smallest absolute Gasteiger partial charge is 0.338 e. The van der Waals surface area contributed by atoms with E-state index in [1.165, 1.54) is 0 Å². The molecule has 28 heavy (non-hydrogen) atoms. The second-order valence-corrected chi connectivity index (χ2v) is 6.80. The van der Waals surface area contributed by atoms with Crippen molar-refractivity contribution in [2.75, 3.05) is 6.61 Å². The minimum Gasteiger partial charge on any atom is -0.459 e. The summed E-state index contributed by atoms with van der Waals surface area (Å²) in [7, 11) is 0. The van der Waals surface area contributed by atoms with E-state index in [9.17, 15) is 9.59 Å². The first-order valence-corrected chi connectivity index (χ1v) is 9.03. The fourth-order valence-electron chi connectivity index (χ4n) is 2.90. The van der Waals surface area contributed by atoms with Gasteiger partial charge >= 0.3 is 11.9 Å². The van der Waals surface area contributed by atoms with E-state index in [1.54, 1.807) is 24.3 Å². The van der Waals surface area contributed by atoms with Crippen LogP contribution in [-0.4, -0.2) is 36.9 Å². The molecule has 2 aromatic rings. The fourth-order valence-corrected chi connectivity index (χ4v) is 2.90. The SMILES string of the molecule is Cc1ccc(C(=O)OC[C@H]2O[C@@H](C#N)C[C@@H]2OC(=O)c2ccc(C)cc2)cc1. The highest BCUT2D eigenvalue weighted by atomic mass is 16.6. The molecule has 144 valence electrons. The highest BCUT2D eigenvalue weighted by molar-refractivity contribution is 5.90. The van der Waals surface area contributed by atoms with Gasteiger partial charge in [-0.3, -0.25) is 0 Å². The van der Waals surface area contributed by atoms with Gasteiger partial charge in [-0.1, -0.05) is 35.4 Å². The molecule has 0 N–H and O–H groups in total. The number of rotatable bonds is 5. The van der Waals surface area contributed by atoms with Crippen molar-refractivity contribution in [3.05, 3.63) is 70.8 Å². The summed E-state index contributed by atoms with van der Waals surface area (Å²) < 4.78 is 16.4. The number of esters is 2. The molecule has 6 heteroatoms. The van der Waals surface area contributed by atoms with Gasteiger partial charge in [-0.25, -0.2) is 9.59 Å². The number of carbonyl (C=O) groups excluding carboxylic acids is 2. The summed E-state index contributed by atoms with van der Waals surface area (Å²) in [5.74, 6) is -0.991. The van der Waals surface area contributed by atoms with E-state index in [1.807, 2.05) is 44.2 Å². The van der Waals surface area contributed by atoms with Gasteiger partial charge in [-0.15, -0.1) is 0 Å². The Balaban J connectivity index is 1.62. The van der Waals surface area contributed by atoms with Crippen LogP contribution in [0.5, 0.6) is 0 Å². The molecule has 0 spiro atoms. The average molecular weight is 379 g/mol. The number of carbonyl (C=O) groups is 2. The normalized spacial score (nSPS) is 21.0. The van der Waals surface area contributed by atoms with Crippen LogP contribution in [0.25, 0.3) is 0 Å². The van der Waals surface area contributed by atoms with Gasteiger partial charge < -0.3 is 14.2 Å². The summed E-state index contributed by atoms with van der Waals surface area (Å²) in [6.45, 7) is 3.75. The lowest BCUT2D eigenvalue weighted by Crippen LogP contribution is -2.32. The molecule has 1 aliphatic rings. The van der Waals surface area contributed by atoms with Crippen LogP contribution in [0.4, 0.5) is 0 Å². The molecule has 1 aliphatic heterocycles. The average Bonchev–Trinajstić information content (AvgIpc) is 3.09. The summed E-state index contributed by atoms with van der Waals surface area (Å²) >= 11 is 0. The van der Waals surface area contributed by atoms with Gasteiger partial charge in [-0.2, -0.15) is 5.26 Å². The van der Waals surface area contributed by atoms with E-state index < -0.39 is 30.3 Å². The molecule has 0 amide bonds. The van der Waals surface area contributed by atoms with Crippen LogP contribution < -0.4 is 0 Å². The lowest BCUT2D eigenvalue weighted by atomic mass is 10.1. The van der Waals surface area contributed by atoms with E-state index in [0.29, 0.717) is 11.1 Å². The fraction of sp³-hybridized carbons (Fsp3) is 0.318. The lowest BCUT2D eigenvalue weighted by molar-refractivity contribution is -0.0350. The van der Waals surface area contributed by atoms with E-state index in [2.05, 4.69) is 0 Å². The minimum absolute atomic E-state index is 0.100. The van der Waals surface area contributed by atoms with Gasteiger partial charge in [0.25, 0.3) is 0 Å². The van der Waals surface area contributed by atoms with Crippen LogP contribution in [0.3, 0.4) is 0 Å². The number of nitriles is 1. The quantitative estimate of drug-likeness (QED) is 0.741. The van der Waals surface area contributed by atoms with Gasteiger partial charge in [-0.05, 0) is 38.1 Å². The Labute approximate surface area is 163 Å². The zero-order valence-corrected chi connectivity index (χ0v) is 15.8. The predicted molar refractivity (Wildman–Crippen MR) is 101 cm³/mol. The highest BCUT2D eigenvalue weighted by Crippen LogP contribution is 2.25. The van der Waals surface area contributed by atoms with Crippen molar-refractivity contribution in [1.29, 1.82) is 5.26 Å². The van der Waals surface area contributed by atoms with Gasteiger partial charge in [0.2, 0.25) is 0 Å². The monoisotopic (exact) mass is 379 g/mol. The summed E-state index contributed by atoms with van der Waals surface area (Å²) in [6.07, 6.45) is -1.82. The lowest BCUT2D eigenvalue weighted by Gasteiger charge is -2.19. The van der Waals surface area contributed by atoms with Crippen LogP contribution >= 0.6 is 0 Å². The maximum absolute atomic E-state index is 12.4. The van der Waals surface area contributed by atoms with Gasteiger partial charge in [0.15, 0.2) is 0 Å². The van der Waals surface area contributed by atoms with Crippen LogP contribution in [0.1, 0.15) is 38.3 Å². The molecule has 2 aromatic carbocycles. The molecule has 3 rings (SSSR count).